The third-order valence-corrected chi connectivity index (χ3v) is 16.8. The highest BCUT2D eigenvalue weighted by Gasteiger charge is 2.20. The van der Waals surface area contributed by atoms with Gasteiger partial charge in [0, 0.05) is 67.5 Å². The van der Waals surface area contributed by atoms with E-state index in [0.29, 0.717) is 11.8 Å². The Bertz CT molecular complexity index is 4320. The number of rotatable bonds is 11. The van der Waals surface area contributed by atoms with E-state index in [4.69, 9.17) is 9.97 Å². The number of aromatic nitrogens is 6. The zero-order valence-electron chi connectivity index (χ0n) is 45.8. The summed E-state index contributed by atoms with van der Waals surface area (Å²) in [6.07, 6.45) is 8.26. The van der Waals surface area contributed by atoms with E-state index in [2.05, 4.69) is 264 Å². The van der Waals surface area contributed by atoms with E-state index < -0.39 is 0 Å². The first-order chi connectivity index (χ1) is 39.4. The third kappa shape index (κ3) is 8.42. The Hall–Kier alpha value is -9.52. The van der Waals surface area contributed by atoms with Crippen molar-refractivity contribution in [2.45, 2.75) is 53.4 Å². The molecule has 0 saturated heterocycles. The van der Waals surface area contributed by atoms with Crippen molar-refractivity contribution < 1.29 is 0 Å². The third-order valence-electron chi connectivity index (χ3n) is 16.8. The fourth-order valence-corrected chi connectivity index (χ4v) is 12.5. The molecule has 0 aliphatic carbocycles. The van der Waals surface area contributed by atoms with Crippen LogP contribution in [-0.2, 0) is 12.8 Å². The smallest absolute Gasteiger partial charge is 0.0963 e. The molecule has 2 atom stereocenters. The van der Waals surface area contributed by atoms with Crippen LogP contribution < -0.4 is 0 Å². The average Bonchev–Trinajstić information content (AvgIpc) is 4.33. The second kappa shape index (κ2) is 20.4. The molecule has 0 fully saturated rings. The van der Waals surface area contributed by atoms with Gasteiger partial charge in [-0.05, 0) is 144 Å². The van der Waals surface area contributed by atoms with Crippen LogP contribution in [0.4, 0.5) is 0 Å². The lowest BCUT2D eigenvalue weighted by Crippen LogP contribution is -2.04. The van der Waals surface area contributed by atoms with Crippen molar-refractivity contribution >= 4 is 87.5 Å². The van der Waals surface area contributed by atoms with Crippen LogP contribution in [0.15, 0.2) is 243 Å². The van der Waals surface area contributed by atoms with Crippen LogP contribution in [0.2, 0.25) is 0 Å². The SMILES string of the molecule is CCC(C)Cc1cc(-n2c3ccccc3c3ncccc32)cc(-n2c3ccccc3c3ncccc32)c1.CCC(C)Cc1ccc(-c2cc(-n3c4ccccc4c4ccccc43)cc(-n3c4ccccc4c4ccccc43)c2)cc1. The molecule has 6 nitrogen and oxygen atoms in total. The Balaban J connectivity index is 0.000000146. The number of hydrogen-bond donors (Lipinski definition) is 0. The molecule has 0 saturated carbocycles. The first-order valence-electron chi connectivity index (χ1n) is 28.5. The summed E-state index contributed by atoms with van der Waals surface area (Å²) in [5.41, 5.74) is 21.4. The minimum atomic E-state index is 0.600. The highest BCUT2D eigenvalue weighted by Crippen LogP contribution is 2.39. The van der Waals surface area contributed by atoms with E-state index in [1.54, 1.807) is 0 Å². The van der Waals surface area contributed by atoms with Gasteiger partial charge >= 0.3 is 0 Å². The molecule has 0 aliphatic rings. The van der Waals surface area contributed by atoms with Crippen molar-refractivity contribution in [3.8, 4) is 33.9 Å². The van der Waals surface area contributed by atoms with E-state index in [-0.39, 0.29) is 0 Å². The van der Waals surface area contributed by atoms with Crippen LogP contribution in [0, 0.1) is 11.8 Å². The minimum Gasteiger partial charge on any atom is -0.309 e. The Morgan fingerprint density at radius 2 is 0.613 bits per heavy atom. The lowest BCUT2D eigenvalue weighted by atomic mass is 9.96. The summed E-state index contributed by atoms with van der Waals surface area (Å²) < 4.78 is 9.60. The van der Waals surface area contributed by atoms with Crippen LogP contribution in [0.1, 0.15) is 51.7 Å². The second-order valence-corrected chi connectivity index (χ2v) is 21.9. The lowest BCUT2D eigenvalue weighted by Gasteiger charge is -2.17. The summed E-state index contributed by atoms with van der Waals surface area (Å²) in [4.78, 5) is 9.52. The van der Waals surface area contributed by atoms with Crippen molar-refractivity contribution in [2.75, 3.05) is 0 Å². The molecule has 0 aliphatic heterocycles. The van der Waals surface area contributed by atoms with E-state index in [1.807, 2.05) is 24.5 Å². The molecule has 15 aromatic rings. The normalized spacial score (nSPS) is 12.6. The predicted octanol–water partition coefficient (Wildman–Crippen LogP) is 19.4. The number of fused-ring (bicyclic) bond motifs is 12. The molecule has 0 radical (unpaired) electrons. The van der Waals surface area contributed by atoms with Gasteiger partial charge in [0.05, 0.1) is 55.2 Å². The van der Waals surface area contributed by atoms with E-state index in [9.17, 15) is 0 Å². The highest BCUT2D eigenvalue weighted by atomic mass is 15.0. The van der Waals surface area contributed by atoms with E-state index in [1.165, 1.54) is 94.1 Å². The van der Waals surface area contributed by atoms with Gasteiger partial charge < -0.3 is 18.3 Å². The molecule has 9 aromatic carbocycles. The fraction of sp³-hybridized carbons (Fsp3) is 0.135. The first-order valence-corrected chi connectivity index (χ1v) is 28.5. The van der Waals surface area contributed by atoms with Crippen LogP contribution in [0.25, 0.3) is 121 Å². The molecular weight excluding hydrogens is 973 g/mol. The molecule has 0 spiro atoms. The van der Waals surface area contributed by atoms with Gasteiger partial charge in [-0.25, -0.2) is 0 Å². The molecule has 6 heterocycles. The Morgan fingerprint density at radius 3 is 1.00 bits per heavy atom. The molecular formula is C74H62N6. The number of benzene rings is 9. The van der Waals surface area contributed by atoms with Gasteiger partial charge in [-0.3, -0.25) is 9.97 Å². The van der Waals surface area contributed by atoms with Gasteiger partial charge in [0.1, 0.15) is 0 Å². The van der Waals surface area contributed by atoms with Gasteiger partial charge in [-0.15, -0.1) is 0 Å². The Labute approximate surface area is 466 Å². The van der Waals surface area contributed by atoms with Crippen LogP contribution in [0.3, 0.4) is 0 Å². The summed E-state index contributed by atoms with van der Waals surface area (Å²) in [6.45, 7) is 9.21. The summed E-state index contributed by atoms with van der Waals surface area (Å²) in [5.74, 6) is 1.29. The number of pyridine rings is 2. The molecule has 0 bridgehead atoms. The largest absolute Gasteiger partial charge is 0.309 e. The quantitative estimate of drug-likeness (QED) is 0.130. The van der Waals surface area contributed by atoms with Crippen molar-refractivity contribution in [2.24, 2.45) is 11.8 Å². The van der Waals surface area contributed by atoms with E-state index in [0.717, 1.165) is 64.1 Å². The number of nitrogens with zero attached hydrogens (tertiary/aromatic N) is 6. The molecule has 2 unspecified atom stereocenters. The second-order valence-electron chi connectivity index (χ2n) is 21.9. The maximum atomic E-state index is 4.76. The van der Waals surface area contributed by atoms with Gasteiger partial charge in [-0.2, -0.15) is 0 Å². The topological polar surface area (TPSA) is 45.5 Å². The van der Waals surface area contributed by atoms with E-state index >= 15 is 0 Å². The van der Waals surface area contributed by atoms with Gasteiger partial charge in [0.25, 0.3) is 0 Å². The summed E-state index contributed by atoms with van der Waals surface area (Å²) in [5, 5.41) is 7.45. The van der Waals surface area contributed by atoms with Gasteiger partial charge in [0.15, 0.2) is 0 Å². The van der Waals surface area contributed by atoms with Gasteiger partial charge in [-0.1, -0.05) is 174 Å². The monoisotopic (exact) mass is 1030 g/mol. The maximum Gasteiger partial charge on any atom is 0.0963 e. The Kier molecular flexibility index (Phi) is 12.4. The van der Waals surface area contributed by atoms with Crippen LogP contribution in [0.5, 0.6) is 0 Å². The van der Waals surface area contributed by atoms with Crippen molar-refractivity contribution in [3.05, 3.63) is 254 Å². The van der Waals surface area contributed by atoms with Crippen LogP contribution in [-0.4, -0.2) is 28.2 Å². The Morgan fingerprint density at radius 1 is 0.300 bits per heavy atom. The van der Waals surface area contributed by atoms with Crippen molar-refractivity contribution in [1.82, 2.24) is 28.2 Å². The maximum absolute atomic E-state index is 4.76. The average molecular weight is 1040 g/mol. The number of hydrogen-bond acceptors (Lipinski definition) is 2. The molecule has 15 rings (SSSR count). The molecule has 388 valence electrons. The van der Waals surface area contributed by atoms with Gasteiger partial charge in [0.2, 0.25) is 0 Å². The lowest BCUT2D eigenvalue weighted by molar-refractivity contribution is 0.560. The zero-order valence-corrected chi connectivity index (χ0v) is 45.8. The van der Waals surface area contributed by atoms with Crippen molar-refractivity contribution in [3.63, 3.8) is 0 Å². The summed E-state index contributed by atoms with van der Waals surface area (Å²) in [6, 6.07) is 84.0. The molecule has 0 N–H and O–H groups in total. The predicted molar refractivity (Wildman–Crippen MR) is 338 cm³/mol. The summed E-state index contributed by atoms with van der Waals surface area (Å²) in [7, 11) is 0. The highest BCUT2D eigenvalue weighted by molar-refractivity contribution is 6.12. The molecule has 6 heteroatoms. The molecule has 80 heavy (non-hydrogen) atoms. The van der Waals surface area contributed by atoms with Crippen molar-refractivity contribution in [1.29, 1.82) is 0 Å². The zero-order chi connectivity index (χ0) is 53.8. The molecule has 0 amide bonds. The first kappa shape index (κ1) is 48.8. The summed E-state index contributed by atoms with van der Waals surface area (Å²) >= 11 is 0. The molecule has 6 aromatic heterocycles. The minimum absolute atomic E-state index is 0.600. The number of para-hydroxylation sites is 6. The van der Waals surface area contributed by atoms with Crippen LogP contribution >= 0.6 is 0 Å². The standard InChI is InChI=1S/C41H34N2.C33H28N4/c1-3-28(2)24-29-20-22-30(23-21-29)31-25-32(42-38-16-8-4-12-34(38)35-13-5-9-17-39(35)42)27-33(26-31)43-40-18-10-6-14-36(40)37-15-7-11-19-41(37)43;1-3-22(2)18-23-19-24(36-28-12-6-4-10-26(28)32-30(36)14-8-16-34-32)21-25(20-23)37-29-13-7-5-11-27(29)33-31(37)15-9-17-35-33/h4-23,25-28H,3,24H2,1-2H3;4-17,19-22H,3,18H2,1-2H3. The fourth-order valence-electron chi connectivity index (χ4n) is 12.5.